The van der Waals surface area contributed by atoms with Crippen molar-refractivity contribution in [3.8, 4) is 23.0 Å². The van der Waals surface area contributed by atoms with E-state index in [9.17, 15) is 20.0 Å². The van der Waals surface area contributed by atoms with Gasteiger partial charge in [0.1, 0.15) is 6.23 Å². The molecular weight excluding hydrogens is 654 g/mol. The summed E-state index contributed by atoms with van der Waals surface area (Å²) in [5, 5.41) is 21.4. The number of hydrogen-bond donors (Lipinski definition) is 3. The maximum absolute atomic E-state index is 13.7. The number of nitrogens with zero attached hydrogens (tertiary/aromatic N) is 4. The lowest BCUT2D eigenvalue weighted by molar-refractivity contribution is -0.139. The number of carbonyl (C=O) groups excluding carboxylic acids is 2. The van der Waals surface area contributed by atoms with Crippen molar-refractivity contribution < 1.29 is 39.1 Å². The Morgan fingerprint density at radius 2 is 1.61 bits per heavy atom. The molecule has 274 valence electrons. The summed E-state index contributed by atoms with van der Waals surface area (Å²) in [6, 6.07) is 5.90. The number of aliphatic hydroxyl groups excluding tert-OH is 1. The van der Waals surface area contributed by atoms with Crippen LogP contribution in [0.25, 0.3) is 0 Å². The van der Waals surface area contributed by atoms with Crippen molar-refractivity contribution in [3.05, 3.63) is 58.9 Å². The number of ether oxygens (including phenoxy) is 3. The molecule has 6 rings (SSSR count). The summed E-state index contributed by atoms with van der Waals surface area (Å²) >= 11 is 0. The average molecular weight is 704 g/mol. The first-order valence-corrected chi connectivity index (χ1v) is 17.8. The van der Waals surface area contributed by atoms with Crippen LogP contribution in [-0.2, 0) is 0 Å². The van der Waals surface area contributed by atoms with E-state index in [0.29, 0.717) is 73.9 Å². The number of unbranched alkanes of at least 4 members (excludes halogenated alkanes) is 2. The van der Waals surface area contributed by atoms with E-state index >= 15 is 0 Å². The number of benzene rings is 2. The number of carbonyl (C=O) groups is 2. The van der Waals surface area contributed by atoms with Gasteiger partial charge in [0.05, 0.1) is 53.9 Å². The van der Waals surface area contributed by atoms with Crippen LogP contribution in [0.4, 0.5) is 11.4 Å². The van der Waals surface area contributed by atoms with Crippen LogP contribution >= 0.6 is 0 Å². The Hall–Kier alpha value is -4.59. The molecule has 0 saturated heterocycles. The molecule has 0 fully saturated rings. The van der Waals surface area contributed by atoms with Gasteiger partial charge in [-0.25, -0.2) is 5.26 Å². The normalized spacial score (nSPS) is 22.7. The van der Waals surface area contributed by atoms with Gasteiger partial charge in [-0.1, -0.05) is 18.1 Å². The first-order chi connectivity index (χ1) is 24.5. The highest BCUT2D eigenvalue weighted by Crippen LogP contribution is 2.44. The van der Waals surface area contributed by atoms with Crippen molar-refractivity contribution in [1.82, 2.24) is 9.80 Å². The van der Waals surface area contributed by atoms with E-state index in [2.05, 4.69) is 4.89 Å². The molecule has 0 radical (unpaired) electrons. The number of aliphatic hydroxyl groups is 1. The highest BCUT2D eigenvalue weighted by Gasteiger charge is 2.44. The molecular formula is C38H49N5O8. The molecule has 4 N–H and O–H groups in total. The largest absolute Gasteiger partial charge is 0.490 e. The lowest BCUT2D eigenvalue weighted by Gasteiger charge is -2.39. The number of nitrogens with two attached hydrogens (primary N) is 1. The van der Waals surface area contributed by atoms with E-state index in [1.54, 1.807) is 39.1 Å². The Balaban J connectivity index is 1.10. The van der Waals surface area contributed by atoms with E-state index in [1.165, 1.54) is 6.07 Å². The fraction of sp³-hybridized carbons (Fsp3) is 0.500. The lowest BCUT2D eigenvalue weighted by atomic mass is 9.97. The van der Waals surface area contributed by atoms with Crippen molar-refractivity contribution >= 4 is 29.4 Å². The number of hydrogen-bond acceptors (Lipinski definition) is 11. The Morgan fingerprint density at radius 1 is 0.922 bits per heavy atom. The van der Waals surface area contributed by atoms with Gasteiger partial charge in [-0.2, -0.15) is 0 Å². The third kappa shape index (κ3) is 6.89. The average Bonchev–Trinajstić information content (AvgIpc) is 3.62. The fourth-order valence-corrected chi connectivity index (χ4v) is 7.50. The predicted molar refractivity (Wildman–Crippen MR) is 193 cm³/mol. The number of fused-ring (bicyclic) bond motifs is 4. The SMILES string of the molecule is CCOc1cc2c(cc1OCCCCCOc1cc3c(cc1OO)C(=O)N1C=C(C)CC1C(O)N3C(CC)CN)N=CC1(C)CC(C)=CN1C2=O. The highest BCUT2D eigenvalue weighted by atomic mass is 17.1. The second-order valence-electron chi connectivity index (χ2n) is 13.9. The number of amides is 2. The third-order valence-electron chi connectivity index (χ3n) is 10.1. The molecule has 0 aliphatic carbocycles. The summed E-state index contributed by atoms with van der Waals surface area (Å²) in [5.41, 5.74) is 9.53. The van der Waals surface area contributed by atoms with Crippen molar-refractivity contribution in [1.29, 1.82) is 0 Å². The van der Waals surface area contributed by atoms with Crippen LogP contribution in [-0.4, -0.2) is 88.4 Å². The molecule has 0 aromatic heterocycles. The van der Waals surface area contributed by atoms with E-state index in [1.807, 2.05) is 47.0 Å². The van der Waals surface area contributed by atoms with Crippen molar-refractivity contribution in [3.63, 3.8) is 0 Å². The highest BCUT2D eigenvalue weighted by molar-refractivity contribution is 6.05. The van der Waals surface area contributed by atoms with Crippen LogP contribution in [0.3, 0.4) is 0 Å². The second kappa shape index (κ2) is 14.9. The van der Waals surface area contributed by atoms with Gasteiger partial charge >= 0.3 is 0 Å². The van der Waals surface area contributed by atoms with Gasteiger partial charge in [0.2, 0.25) is 5.75 Å². The van der Waals surface area contributed by atoms with Gasteiger partial charge in [0.25, 0.3) is 11.8 Å². The minimum Gasteiger partial charge on any atom is -0.490 e. The topological polar surface area (TPSA) is 160 Å². The van der Waals surface area contributed by atoms with Gasteiger partial charge in [-0.05, 0) is 72.3 Å². The van der Waals surface area contributed by atoms with Gasteiger partial charge < -0.3 is 44.6 Å². The molecule has 0 bridgehead atoms. The summed E-state index contributed by atoms with van der Waals surface area (Å²) in [7, 11) is 0. The maximum atomic E-state index is 13.7. The van der Waals surface area contributed by atoms with Crippen LogP contribution in [0.15, 0.2) is 52.8 Å². The molecule has 2 amide bonds. The smallest absolute Gasteiger partial charge is 0.260 e. The van der Waals surface area contributed by atoms with E-state index in [-0.39, 0.29) is 41.5 Å². The Morgan fingerprint density at radius 3 is 2.27 bits per heavy atom. The van der Waals surface area contributed by atoms with Gasteiger partial charge in [-0.3, -0.25) is 14.6 Å². The monoisotopic (exact) mass is 703 g/mol. The number of anilines is 1. The molecule has 2 aromatic rings. The van der Waals surface area contributed by atoms with E-state index < -0.39 is 17.8 Å². The lowest BCUT2D eigenvalue weighted by Crippen LogP contribution is -2.53. The van der Waals surface area contributed by atoms with E-state index in [0.717, 1.165) is 24.0 Å². The summed E-state index contributed by atoms with van der Waals surface area (Å²) in [6.45, 7) is 11.2. The summed E-state index contributed by atoms with van der Waals surface area (Å²) in [5.74, 6) is 0.863. The van der Waals surface area contributed by atoms with Crippen molar-refractivity contribution in [2.45, 2.75) is 97.0 Å². The van der Waals surface area contributed by atoms with Gasteiger partial charge in [-0.15, -0.1) is 0 Å². The zero-order chi connectivity index (χ0) is 36.4. The number of rotatable bonds is 14. The van der Waals surface area contributed by atoms with Gasteiger partial charge in [0, 0.05) is 49.4 Å². The molecule has 4 atom stereocenters. The van der Waals surface area contributed by atoms with Crippen LogP contribution in [0.1, 0.15) is 93.9 Å². The Kier molecular flexibility index (Phi) is 10.6. The molecule has 0 spiro atoms. The zero-order valence-electron chi connectivity index (χ0n) is 30.1. The van der Waals surface area contributed by atoms with Crippen LogP contribution < -0.4 is 29.7 Å². The molecule has 4 unspecified atom stereocenters. The van der Waals surface area contributed by atoms with Crippen LogP contribution in [0, 0.1) is 0 Å². The fourth-order valence-electron chi connectivity index (χ4n) is 7.50. The summed E-state index contributed by atoms with van der Waals surface area (Å²) < 4.78 is 18.1. The molecule has 4 aliphatic rings. The van der Waals surface area contributed by atoms with Crippen LogP contribution in [0.5, 0.6) is 23.0 Å². The zero-order valence-corrected chi connectivity index (χ0v) is 30.1. The molecule has 0 saturated carbocycles. The molecule has 4 aliphatic heterocycles. The van der Waals surface area contributed by atoms with E-state index in [4.69, 9.17) is 24.9 Å². The maximum Gasteiger partial charge on any atom is 0.260 e. The van der Waals surface area contributed by atoms with Gasteiger partial charge in [0.15, 0.2) is 17.2 Å². The minimum absolute atomic E-state index is 0.00685. The van der Waals surface area contributed by atoms with Crippen molar-refractivity contribution in [2.75, 3.05) is 31.3 Å². The third-order valence-corrected chi connectivity index (χ3v) is 10.1. The quantitative estimate of drug-likeness (QED) is 0.125. The number of aliphatic imine (C=N–C) groups is 1. The van der Waals surface area contributed by atoms with Crippen molar-refractivity contribution in [2.24, 2.45) is 10.7 Å². The minimum atomic E-state index is -0.997. The standard InChI is InChI=1S/C38H49N5O8/c1-6-25(19-39)43-29-17-33(34(51-47)15-27(29)35(44)41-20-23(3)13-30(41)37(43)46)50-12-10-8-9-11-49-32-16-28-26(14-31(32)48-7-2)36(45)42-21-24(4)18-38(42,5)22-40-28/h14-17,20-22,25,30,37,46-47H,6-13,18-19,39H2,1-5H3. The Labute approximate surface area is 298 Å². The molecule has 4 heterocycles. The Bertz CT molecular complexity index is 1750. The second-order valence-corrected chi connectivity index (χ2v) is 13.9. The predicted octanol–water partition coefficient (Wildman–Crippen LogP) is 5.78. The molecule has 51 heavy (non-hydrogen) atoms. The molecule has 13 heteroatoms. The first-order valence-electron chi connectivity index (χ1n) is 17.8. The first kappa shape index (κ1) is 36.2. The molecule has 13 nitrogen and oxygen atoms in total. The summed E-state index contributed by atoms with van der Waals surface area (Å²) in [6.07, 6.45) is 8.56. The van der Waals surface area contributed by atoms with Crippen LogP contribution in [0.2, 0.25) is 0 Å². The summed E-state index contributed by atoms with van der Waals surface area (Å²) in [4.78, 5) is 41.7. The molecule has 2 aromatic carbocycles.